The third-order valence-corrected chi connectivity index (χ3v) is 5.19. The first-order valence-corrected chi connectivity index (χ1v) is 6.81. The van der Waals surface area contributed by atoms with Crippen molar-refractivity contribution in [2.45, 2.75) is 50.2 Å². The van der Waals surface area contributed by atoms with E-state index in [2.05, 4.69) is 11.9 Å². The van der Waals surface area contributed by atoms with Gasteiger partial charge in [0.1, 0.15) is 0 Å². The van der Waals surface area contributed by atoms with Gasteiger partial charge in [0.25, 0.3) is 0 Å². The number of hydrogen-bond donors (Lipinski definition) is 1. The number of nitrogens with two attached hydrogens (primary N) is 1. The Morgan fingerprint density at radius 1 is 1.12 bits per heavy atom. The Labute approximate surface area is 98.3 Å². The Kier molecular flexibility index (Phi) is 2.94. The van der Waals surface area contributed by atoms with Gasteiger partial charge in [-0.15, -0.1) is 0 Å². The quantitative estimate of drug-likeness (QED) is 0.766. The second-order valence-corrected chi connectivity index (χ2v) is 5.98. The second kappa shape index (κ2) is 4.28. The van der Waals surface area contributed by atoms with Crippen LogP contribution in [-0.4, -0.2) is 43.3 Å². The van der Waals surface area contributed by atoms with Crippen LogP contribution in [0.2, 0.25) is 0 Å². The van der Waals surface area contributed by atoms with Crippen molar-refractivity contribution < 1.29 is 4.74 Å². The summed E-state index contributed by atoms with van der Waals surface area (Å²) in [5.74, 6) is 1.38. The van der Waals surface area contributed by atoms with Crippen molar-refractivity contribution in [1.82, 2.24) is 4.90 Å². The predicted molar refractivity (Wildman–Crippen MR) is 64.2 cm³/mol. The fourth-order valence-electron chi connectivity index (χ4n) is 4.01. The van der Waals surface area contributed by atoms with Crippen LogP contribution >= 0.6 is 0 Å². The van der Waals surface area contributed by atoms with Gasteiger partial charge in [0.05, 0.1) is 6.61 Å². The number of nitrogens with zero attached hydrogens (tertiary/aromatic N) is 1. The molecule has 3 heterocycles. The maximum absolute atomic E-state index is 6.45. The van der Waals surface area contributed by atoms with Gasteiger partial charge in [-0.3, -0.25) is 0 Å². The number of fused-ring (bicyclic) bond motifs is 2. The number of hydrogen-bond acceptors (Lipinski definition) is 3. The third-order valence-electron chi connectivity index (χ3n) is 5.19. The van der Waals surface area contributed by atoms with Crippen molar-refractivity contribution >= 4 is 0 Å². The molecule has 0 aromatic rings. The summed E-state index contributed by atoms with van der Waals surface area (Å²) in [5.41, 5.74) is 6.45. The van der Waals surface area contributed by atoms with Gasteiger partial charge in [-0.2, -0.15) is 0 Å². The molecule has 0 saturated carbocycles. The van der Waals surface area contributed by atoms with Gasteiger partial charge in [-0.1, -0.05) is 0 Å². The SMILES string of the molecule is CN1C2CCC1CC(C(N)C1CCOC1)C2. The molecular formula is C13H24N2O. The van der Waals surface area contributed by atoms with E-state index < -0.39 is 0 Å². The molecule has 2 bridgehead atoms. The fraction of sp³-hybridized carbons (Fsp3) is 1.00. The first kappa shape index (κ1) is 11.0. The molecule has 92 valence electrons. The molecule has 3 nitrogen and oxygen atoms in total. The molecule has 16 heavy (non-hydrogen) atoms. The Morgan fingerprint density at radius 3 is 2.38 bits per heavy atom. The molecule has 0 amide bonds. The summed E-state index contributed by atoms with van der Waals surface area (Å²) in [5, 5.41) is 0. The molecule has 0 aromatic heterocycles. The van der Waals surface area contributed by atoms with Gasteiger partial charge in [-0.05, 0) is 51.0 Å². The van der Waals surface area contributed by atoms with Crippen LogP contribution in [0.5, 0.6) is 0 Å². The normalized spacial score (nSPS) is 46.1. The summed E-state index contributed by atoms with van der Waals surface area (Å²) >= 11 is 0. The van der Waals surface area contributed by atoms with Gasteiger partial charge in [0.15, 0.2) is 0 Å². The standard InChI is InChI=1S/C13H24N2O/c1-15-11-2-3-12(15)7-10(6-11)13(14)9-4-5-16-8-9/h9-13H,2-8,14H2,1H3. The highest BCUT2D eigenvalue weighted by Crippen LogP contribution is 2.40. The van der Waals surface area contributed by atoms with Crippen molar-refractivity contribution in [3.05, 3.63) is 0 Å². The lowest BCUT2D eigenvalue weighted by atomic mass is 9.79. The van der Waals surface area contributed by atoms with Crippen LogP contribution in [0.4, 0.5) is 0 Å². The Hall–Kier alpha value is -0.120. The Bertz CT molecular complexity index is 238. The highest BCUT2D eigenvalue weighted by Gasteiger charge is 2.42. The lowest BCUT2D eigenvalue weighted by Crippen LogP contribution is -2.48. The van der Waals surface area contributed by atoms with E-state index in [4.69, 9.17) is 10.5 Å². The van der Waals surface area contributed by atoms with Gasteiger partial charge in [-0.25, -0.2) is 0 Å². The molecule has 0 spiro atoms. The molecule has 4 unspecified atom stereocenters. The predicted octanol–water partition coefficient (Wildman–Crippen LogP) is 1.22. The molecule has 0 radical (unpaired) electrons. The van der Waals surface area contributed by atoms with E-state index in [1.54, 1.807) is 0 Å². The van der Waals surface area contributed by atoms with Crippen molar-refractivity contribution in [3.63, 3.8) is 0 Å². The minimum Gasteiger partial charge on any atom is -0.381 e. The van der Waals surface area contributed by atoms with Crippen LogP contribution in [0, 0.1) is 11.8 Å². The largest absolute Gasteiger partial charge is 0.381 e. The zero-order valence-electron chi connectivity index (χ0n) is 10.3. The van der Waals surface area contributed by atoms with Crippen molar-refractivity contribution in [1.29, 1.82) is 0 Å². The Balaban J connectivity index is 1.63. The summed E-state index contributed by atoms with van der Waals surface area (Å²) in [6.07, 6.45) is 6.62. The smallest absolute Gasteiger partial charge is 0.0510 e. The summed E-state index contributed by atoms with van der Waals surface area (Å²) in [6, 6.07) is 2.02. The summed E-state index contributed by atoms with van der Waals surface area (Å²) < 4.78 is 5.47. The van der Waals surface area contributed by atoms with E-state index in [1.807, 2.05) is 0 Å². The van der Waals surface area contributed by atoms with Crippen LogP contribution in [-0.2, 0) is 4.74 Å². The molecule has 3 rings (SSSR count). The lowest BCUT2D eigenvalue weighted by Gasteiger charge is -2.40. The van der Waals surface area contributed by atoms with E-state index in [-0.39, 0.29) is 0 Å². The topological polar surface area (TPSA) is 38.5 Å². The molecular weight excluding hydrogens is 200 g/mol. The highest BCUT2D eigenvalue weighted by molar-refractivity contribution is 4.97. The van der Waals surface area contributed by atoms with Crippen LogP contribution < -0.4 is 5.73 Å². The third kappa shape index (κ3) is 1.79. The molecule has 0 aliphatic carbocycles. The average molecular weight is 224 g/mol. The minimum atomic E-state index is 0.388. The molecule has 0 aromatic carbocycles. The number of rotatable bonds is 2. The summed E-state index contributed by atoms with van der Waals surface area (Å²) in [7, 11) is 2.29. The van der Waals surface area contributed by atoms with E-state index in [1.165, 1.54) is 32.1 Å². The van der Waals surface area contributed by atoms with E-state index in [0.717, 1.165) is 31.2 Å². The average Bonchev–Trinajstić information content (AvgIpc) is 2.85. The van der Waals surface area contributed by atoms with Crippen LogP contribution in [0.1, 0.15) is 32.1 Å². The maximum Gasteiger partial charge on any atom is 0.0510 e. The van der Waals surface area contributed by atoms with Gasteiger partial charge < -0.3 is 15.4 Å². The monoisotopic (exact) mass is 224 g/mol. The van der Waals surface area contributed by atoms with Gasteiger partial charge in [0, 0.05) is 24.7 Å². The number of ether oxygens (including phenoxy) is 1. The summed E-state index contributed by atoms with van der Waals surface area (Å²) in [6.45, 7) is 1.83. The first-order valence-electron chi connectivity index (χ1n) is 6.81. The van der Waals surface area contributed by atoms with Crippen molar-refractivity contribution in [2.75, 3.05) is 20.3 Å². The van der Waals surface area contributed by atoms with Crippen molar-refractivity contribution in [2.24, 2.45) is 17.6 Å². The van der Waals surface area contributed by atoms with E-state index in [0.29, 0.717) is 12.0 Å². The molecule has 3 saturated heterocycles. The van der Waals surface area contributed by atoms with Crippen molar-refractivity contribution in [3.8, 4) is 0 Å². The van der Waals surface area contributed by atoms with E-state index >= 15 is 0 Å². The number of piperidine rings is 1. The minimum absolute atomic E-state index is 0.388. The fourth-order valence-corrected chi connectivity index (χ4v) is 4.01. The van der Waals surface area contributed by atoms with Gasteiger partial charge in [0.2, 0.25) is 0 Å². The van der Waals surface area contributed by atoms with Crippen LogP contribution in [0.3, 0.4) is 0 Å². The molecule has 3 aliphatic rings. The highest BCUT2D eigenvalue weighted by atomic mass is 16.5. The molecule has 3 heteroatoms. The first-order chi connectivity index (χ1) is 7.75. The Morgan fingerprint density at radius 2 is 1.81 bits per heavy atom. The zero-order valence-corrected chi connectivity index (χ0v) is 10.3. The van der Waals surface area contributed by atoms with Crippen LogP contribution in [0.15, 0.2) is 0 Å². The molecule has 2 N–H and O–H groups in total. The maximum atomic E-state index is 6.45. The summed E-state index contributed by atoms with van der Waals surface area (Å²) in [4.78, 5) is 2.59. The van der Waals surface area contributed by atoms with Gasteiger partial charge >= 0.3 is 0 Å². The van der Waals surface area contributed by atoms with E-state index in [9.17, 15) is 0 Å². The second-order valence-electron chi connectivity index (χ2n) is 5.98. The zero-order chi connectivity index (χ0) is 11.1. The molecule has 3 fully saturated rings. The molecule has 4 atom stereocenters. The molecule has 3 aliphatic heterocycles. The lowest BCUT2D eigenvalue weighted by molar-refractivity contribution is 0.101. The van der Waals surface area contributed by atoms with Crippen LogP contribution in [0.25, 0.3) is 0 Å².